The predicted molar refractivity (Wildman–Crippen MR) is 210 cm³/mol. The zero-order valence-corrected chi connectivity index (χ0v) is 29.3. The lowest BCUT2D eigenvalue weighted by atomic mass is 9.81. The molecule has 0 aliphatic heterocycles. The lowest BCUT2D eigenvalue weighted by Gasteiger charge is -2.22. The third-order valence-electron chi connectivity index (χ3n) is 12.6. The molecule has 0 bridgehead atoms. The van der Waals surface area contributed by atoms with Crippen LogP contribution in [0.3, 0.4) is 0 Å². The first kappa shape index (κ1) is 27.8. The lowest BCUT2D eigenvalue weighted by molar-refractivity contribution is 0.592. The van der Waals surface area contributed by atoms with E-state index in [9.17, 15) is 0 Å². The zero-order valence-electron chi connectivity index (χ0n) is 29.3. The molecule has 0 unspecified atom stereocenters. The summed E-state index contributed by atoms with van der Waals surface area (Å²) in [5.41, 5.74) is 16.5. The Balaban J connectivity index is 1.29. The van der Waals surface area contributed by atoms with Crippen molar-refractivity contribution in [3.8, 4) is 22.3 Å². The second kappa shape index (κ2) is 8.52. The Labute approximate surface area is 287 Å². The van der Waals surface area contributed by atoms with Gasteiger partial charge in [0.1, 0.15) is 0 Å². The van der Waals surface area contributed by atoms with Gasteiger partial charge in [0.15, 0.2) is 0 Å². The van der Waals surface area contributed by atoms with Gasteiger partial charge >= 0.3 is 0 Å². The van der Waals surface area contributed by atoms with Gasteiger partial charge in [0.2, 0.25) is 0 Å². The molecular formula is C48H39N. The van der Waals surface area contributed by atoms with E-state index in [4.69, 9.17) is 0 Å². The molecule has 0 N–H and O–H groups in total. The van der Waals surface area contributed by atoms with Gasteiger partial charge in [0.05, 0.1) is 16.6 Å². The fourth-order valence-electron chi connectivity index (χ4n) is 9.80. The van der Waals surface area contributed by atoms with E-state index in [-0.39, 0.29) is 16.2 Å². The average Bonchev–Trinajstić information content (AvgIpc) is 3.72. The first-order valence-corrected chi connectivity index (χ1v) is 17.8. The van der Waals surface area contributed by atoms with Crippen LogP contribution in [0.4, 0.5) is 0 Å². The number of benzene rings is 7. The fraction of sp³-hybridized carbons (Fsp3) is 0.208. The summed E-state index contributed by atoms with van der Waals surface area (Å²) >= 11 is 0. The highest BCUT2D eigenvalue weighted by atomic mass is 14.9. The van der Waals surface area contributed by atoms with Crippen LogP contribution in [0, 0.1) is 0 Å². The minimum absolute atomic E-state index is 0.0283. The zero-order chi connectivity index (χ0) is 33.4. The van der Waals surface area contributed by atoms with E-state index in [1.54, 1.807) is 0 Å². The predicted octanol–water partition coefficient (Wildman–Crippen LogP) is 13.1. The molecule has 0 amide bonds. The van der Waals surface area contributed by atoms with Crippen molar-refractivity contribution >= 4 is 59.6 Å². The maximum absolute atomic E-state index is 2.61. The van der Waals surface area contributed by atoms with Gasteiger partial charge in [0, 0.05) is 32.4 Å². The molecule has 1 heteroatoms. The third kappa shape index (κ3) is 3.32. The Kier molecular flexibility index (Phi) is 4.83. The number of aromatic nitrogens is 1. The van der Waals surface area contributed by atoms with Gasteiger partial charge in [-0.2, -0.15) is 0 Å². The van der Waals surface area contributed by atoms with Crippen molar-refractivity contribution in [2.24, 2.45) is 0 Å². The SMILES string of the molecule is CC(C)(C)c1cc2c3cc4c(cc3n3c5cc6c(cc5c(c1)c23)C(C)(C)c1cc2ccccc2cc1-6)-c1cc2ccccc2cc1C4(C)C. The Morgan fingerprint density at radius 2 is 0.796 bits per heavy atom. The quantitative estimate of drug-likeness (QED) is 0.157. The molecule has 0 fully saturated rings. The van der Waals surface area contributed by atoms with Crippen molar-refractivity contribution in [2.75, 3.05) is 0 Å². The maximum atomic E-state index is 2.61. The lowest BCUT2D eigenvalue weighted by Crippen LogP contribution is -2.15. The summed E-state index contributed by atoms with van der Waals surface area (Å²) in [5.74, 6) is 0. The number of hydrogen-bond donors (Lipinski definition) is 0. The van der Waals surface area contributed by atoms with Crippen LogP contribution in [0.15, 0.2) is 109 Å². The second-order valence-corrected chi connectivity index (χ2v) is 17.1. The molecule has 11 rings (SSSR count). The van der Waals surface area contributed by atoms with Gasteiger partial charge in [-0.05, 0) is 138 Å². The molecule has 0 saturated heterocycles. The molecule has 1 nitrogen and oxygen atoms in total. The van der Waals surface area contributed by atoms with Gasteiger partial charge < -0.3 is 4.40 Å². The van der Waals surface area contributed by atoms with E-state index >= 15 is 0 Å². The highest BCUT2D eigenvalue weighted by Crippen LogP contribution is 2.55. The molecule has 236 valence electrons. The van der Waals surface area contributed by atoms with Gasteiger partial charge in [-0.25, -0.2) is 0 Å². The van der Waals surface area contributed by atoms with E-state index in [1.807, 2.05) is 0 Å². The molecule has 2 heterocycles. The standard InChI is InChI=1S/C48H39N/c1-46(2,3)30-20-37-35-22-41-33(31-16-26-12-8-10-14-28(26)18-39(31)47(41,4)5)24-43(35)49-44-25-34-32-17-27-13-9-11-15-29(27)19-40(32)48(6,7)42(34)23-36(44)38(21-30)45(37)49/h8-25H,1-7H3. The Morgan fingerprint density at radius 1 is 0.429 bits per heavy atom. The van der Waals surface area contributed by atoms with Crippen molar-refractivity contribution in [1.29, 1.82) is 0 Å². The molecule has 9 aromatic rings. The van der Waals surface area contributed by atoms with Crippen LogP contribution in [0.5, 0.6) is 0 Å². The molecular weight excluding hydrogens is 591 g/mol. The molecule has 2 aromatic heterocycles. The first-order chi connectivity index (χ1) is 23.4. The van der Waals surface area contributed by atoms with E-state index in [0.717, 1.165) is 0 Å². The summed E-state index contributed by atoms with van der Waals surface area (Å²) in [6.45, 7) is 16.7. The Morgan fingerprint density at radius 3 is 1.20 bits per heavy atom. The minimum Gasteiger partial charge on any atom is -0.308 e. The van der Waals surface area contributed by atoms with Gasteiger partial charge in [-0.3, -0.25) is 0 Å². The summed E-state index contributed by atoms with van der Waals surface area (Å²) < 4.78 is 2.61. The second-order valence-electron chi connectivity index (χ2n) is 17.1. The van der Waals surface area contributed by atoms with Crippen LogP contribution in [-0.2, 0) is 16.2 Å². The minimum atomic E-state index is -0.0807. The smallest absolute Gasteiger partial charge is 0.0620 e. The van der Waals surface area contributed by atoms with Gasteiger partial charge in [0.25, 0.3) is 0 Å². The van der Waals surface area contributed by atoms with Crippen LogP contribution in [0.1, 0.15) is 76.3 Å². The molecule has 2 aliphatic rings. The molecule has 2 aliphatic carbocycles. The summed E-state index contributed by atoms with van der Waals surface area (Å²) in [6, 6.07) is 42.5. The van der Waals surface area contributed by atoms with Crippen LogP contribution in [0.2, 0.25) is 0 Å². The number of fused-ring (bicyclic) bond motifs is 14. The average molecular weight is 630 g/mol. The molecule has 7 aromatic carbocycles. The number of nitrogens with zero attached hydrogens (tertiary/aromatic N) is 1. The monoisotopic (exact) mass is 629 g/mol. The van der Waals surface area contributed by atoms with E-state index in [1.165, 1.54) is 110 Å². The molecule has 0 radical (unpaired) electrons. The molecule has 49 heavy (non-hydrogen) atoms. The van der Waals surface area contributed by atoms with Crippen molar-refractivity contribution < 1.29 is 0 Å². The topological polar surface area (TPSA) is 4.41 Å². The van der Waals surface area contributed by atoms with Gasteiger partial charge in [-0.1, -0.05) is 97.0 Å². The van der Waals surface area contributed by atoms with Crippen LogP contribution < -0.4 is 0 Å². The number of hydrogen-bond acceptors (Lipinski definition) is 0. The summed E-state index contributed by atoms with van der Waals surface area (Å²) in [5, 5.41) is 10.7. The molecule has 0 atom stereocenters. The highest BCUT2D eigenvalue weighted by molar-refractivity contribution is 6.25. The summed E-state index contributed by atoms with van der Waals surface area (Å²) in [7, 11) is 0. The summed E-state index contributed by atoms with van der Waals surface area (Å²) in [6.07, 6.45) is 0. The fourth-order valence-corrected chi connectivity index (χ4v) is 9.80. The van der Waals surface area contributed by atoms with Crippen molar-refractivity contribution in [3.05, 3.63) is 137 Å². The third-order valence-corrected chi connectivity index (χ3v) is 12.6. The highest BCUT2D eigenvalue weighted by Gasteiger charge is 2.39. The normalized spacial score (nSPS) is 16.0. The Hall–Kier alpha value is -5.14. The van der Waals surface area contributed by atoms with Crippen molar-refractivity contribution in [1.82, 2.24) is 4.40 Å². The van der Waals surface area contributed by atoms with Gasteiger partial charge in [-0.15, -0.1) is 0 Å². The van der Waals surface area contributed by atoms with E-state index < -0.39 is 0 Å². The first-order valence-electron chi connectivity index (χ1n) is 17.8. The van der Waals surface area contributed by atoms with Crippen LogP contribution in [-0.4, -0.2) is 4.40 Å². The van der Waals surface area contributed by atoms with Crippen LogP contribution in [0.25, 0.3) is 81.9 Å². The van der Waals surface area contributed by atoms with Crippen LogP contribution >= 0.6 is 0 Å². The van der Waals surface area contributed by atoms with E-state index in [2.05, 4.69) is 162 Å². The van der Waals surface area contributed by atoms with Crippen molar-refractivity contribution in [3.63, 3.8) is 0 Å². The maximum Gasteiger partial charge on any atom is 0.0620 e. The largest absolute Gasteiger partial charge is 0.308 e. The molecule has 0 spiro atoms. The summed E-state index contributed by atoms with van der Waals surface area (Å²) in [4.78, 5) is 0. The van der Waals surface area contributed by atoms with E-state index in [0.29, 0.717) is 0 Å². The van der Waals surface area contributed by atoms with Crippen molar-refractivity contribution in [2.45, 2.75) is 64.7 Å². The molecule has 0 saturated carbocycles. The number of rotatable bonds is 0. The Bertz CT molecular complexity index is 2760.